The van der Waals surface area contributed by atoms with Crippen LogP contribution in [0, 0.1) is 0 Å². The van der Waals surface area contributed by atoms with Crippen LogP contribution >= 0.6 is 11.8 Å². The van der Waals surface area contributed by atoms with Crippen LogP contribution in [0.5, 0.6) is 17.2 Å². The first-order valence-electron chi connectivity index (χ1n) is 9.02. The highest BCUT2D eigenvalue weighted by Gasteiger charge is 2.31. The standard InChI is InChI=1S/C22H19NO5S/c1-3-4-16-9-14(11-20-21(24)23(2)22(25)29-20)5-7-17(16)26-12-15-6-8-18-19(10-15)28-13-27-18/h3,5-11H,1,4,12-13H2,2H3/b20-11-. The second-order valence-electron chi connectivity index (χ2n) is 6.58. The molecular formula is C22H19NO5S. The fourth-order valence-corrected chi connectivity index (χ4v) is 3.86. The molecule has 2 aromatic rings. The molecule has 148 valence electrons. The Morgan fingerprint density at radius 1 is 1.17 bits per heavy atom. The molecule has 29 heavy (non-hydrogen) atoms. The molecule has 0 saturated carbocycles. The number of thioether (sulfide) groups is 1. The summed E-state index contributed by atoms with van der Waals surface area (Å²) in [5.74, 6) is 1.91. The Kier molecular flexibility index (Phi) is 5.31. The van der Waals surface area contributed by atoms with Crippen LogP contribution in [0.4, 0.5) is 4.79 Å². The van der Waals surface area contributed by atoms with Crippen LogP contribution in [0.25, 0.3) is 6.08 Å². The molecular weight excluding hydrogens is 390 g/mol. The van der Waals surface area contributed by atoms with Crippen molar-refractivity contribution in [3.8, 4) is 17.2 Å². The molecule has 2 heterocycles. The lowest BCUT2D eigenvalue weighted by atomic mass is 10.1. The van der Waals surface area contributed by atoms with E-state index in [2.05, 4.69) is 6.58 Å². The van der Waals surface area contributed by atoms with E-state index in [4.69, 9.17) is 14.2 Å². The third-order valence-electron chi connectivity index (χ3n) is 4.56. The van der Waals surface area contributed by atoms with E-state index in [9.17, 15) is 9.59 Å². The van der Waals surface area contributed by atoms with E-state index in [-0.39, 0.29) is 17.9 Å². The summed E-state index contributed by atoms with van der Waals surface area (Å²) in [6.45, 7) is 4.43. The van der Waals surface area contributed by atoms with Crippen LogP contribution < -0.4 is 14.2 Å². The number of fused-ring (bicyclic) bond motifs is 1. The number of carbonyl (C=O) groups is 2. The minimum atomic E-state index is -0.284. The van der Waals surface area contributed by atoms with Gasteiger partial charge < -0.3 is 14.2 Å². The first-order chi connectivity index (χ1) is 14.0. The van der Waals surface area contributed by atoms with Crippen LogP contribution in [-0.4, -0.2) is 29.9 Å². The lowest BCUT2D eigenvalue weighted by molar-refractivity contribution is -0.121. The van der Waals surface area contributed by atoms with Gasteiger partial charge in [-0.25, -0.2) is 0 Å². The zero-order valence-electron chi connectivity index (χ0n) is 15.8. The normalized spacial score (nSPS) is 16.6. The van der Waals surface area contributed by atoms with Gasteiger partial charge in [-0.3, -0.25) is 14.5 Å². The molecule has 2 aromatic carbocycles. The molecule has 0 radical (unpaired) electrons. The van der Waals surface area contributed by atoms with Crippen molar-refractivity contribution < 1.29 is 23.8 Å². The van der Waals surface area contributed by atoms with E-state index < -0.39 is 0 Å². The van der Waals surface area contributed by atoms with Crippen LogP contribution in [0.1, 0.15) is 16.7 Å². The van der Waals surface area contributed by atoms with Crippen molar-refractivity contribution in [2.45, 2.75) is 13.0 Å². The van der Waals surface area contributed by atoms with Gasteiger partial charge in [0.25, 0.3) is 11.1 Å². The quantitative estimate of drug-likeness (QED) is 0.521. The number of ether oxygens (including phenoxy) is 3. The third kappa shape index (κ3) is 4.00. The van der Waals surface area contributed by atoms with E-state index in [0.29, 0.717) is 17.9 Å². The Morgan fingerprint density at radius 2 is 2.00 bits per heavy atom. The lowest BCUT2D eigenvalue weighted by Gasteiger charge is -2.12. The second-order valence-corrected chi connectivity index (χ2v) is 7.57. The number of likely N-dealkylation sites (N-methyl/N-ethyl adjacent to an activating group) is 1. The van der Waals surface area contributed by atoms with Gasteiger partial charge in [0.15, 0.2) is 11.5 Å². The maximum atomic E-state index is 12.1. The molecule has 0 atom stereocenters. The maximum absolute atomic E-state index is 12.1. The fraction of sp³-hybridized carbons (Fsp3) is 0.182. The molecule has 4 rings (SSSR count). The molecule has 7 heteroatoms. The molecule has 2 aliphatic heterocycles. The Morgan fingerprint density at radius 3 is 2.76 bits per heavy atom. The molecule has 6 nitrogen and oxygen atoms in total. The van der Waals surface area contributed by atoms with Crippen molar-refractivity contribution in [3.63, 3.8) is 0 Å². The molecule has 2 amide bonds. The van der Waals surface area contributed by atoms with Crippen LogP contribution in [0.2, 0.25) is 0 Å². The van der Waals surface area contributed by atoms with Gasteiger partial charge in [-0.1, -0.05) is 18.2 Å². The Balaban J connectivity index is 1.52. The number of imide groups is 1. The lowest BCUT2D eigenvalue weighted by Crippen LogP contribution is -2.22. The summed E-state index contributed by atoms with van der Waals surface area (Å²) in [5.41, 5.74) is 2.75. The number of carbonyl (C=O) groups excluding carboxylic acids is 2. The van der Waals surface area contributed by atoms with Gasteiger partial charge in [0.1, 0.15) is 12.4 Å². The van der Waals surface area contributed by atoms with Crippen LogP contribution in [0.3, 0.4) is 0 Å². The summed E-state index contributed by atoms with van der Waals surface area (Å²) in [6, 6.07) is 11.4. The Bertz CT molecular complexity index is 1030. The molecule has 0 N–H and O–H groups in total. The number of nitrogens with zero attached hydrogens (tertiary/aromatic N) is 1. The van der Waals surface area contributed by atoms with E-state index in [0.717, 1.165) is 50.6 Å². The van der Waals surface area contributed by atoms with Crippen LogP contribution in [0.15, 0.2) is 54.0 Å². The van der Waals surface area contributed by atoms with Gasteiger partial charge in [0.2, 0.25) is 6.79 Å². The van der Waals surface area contributed by atoms with Gasteiger partial charge in [-0.15, -0.1) is 6.58 Å². The van der Waals surface area contributed by atoms with Crippen LogP contribution in [-0.2, 0) is 17.8 Å². The van der Waals surface area contributed by atoms with E-state index in [1.807, 2.05) is 36.4 Å². The summed E-state index contributed by atoms with van der Waals surface area (Å²) in [7, 11) is 1.48. The van der Waals surface area contributed by atoms with Gasteiger partial charge in [0, 0.05) is 7.05 Å². The number of rotatable bonds is 6. The SMILES string of the molecule is C=CCc1cc(/C=C2\SC(=O)N(C)C2=O)ccc1OCc1ccc2c(c1)OCO2. The van der Waals surface area contributed by atoms with E-state index in [1.165, 1.54) is 7.05 Å². The molecule has 0 spiro atoms. The second kappa shape index (κ2) is 8.05. The minimum Gasteiger partial charge on any atom is -0.489 e. The highest BCUT2D eigenvalue weighted by Crippen LogP contribution is 2.34. The van der Waals surface area contributed by atoms with Gasteiger partial charge in [-0.05, 0) is 65.2 Å². The van der Waals surface area contributed by atoms with Crippen molar-refractivity contribution in [3.05, 3.63) is 70.6 Å². The Hall–Kier alpha value is -3.19. The maximum Gasteiger partial charge on any atom is 0.293 e. The summed E-state index contributed by atoms with van der Waals surface area (Å²) >= 11 is 0.942. The number of hydrogen-bond acceptors (Lipinski definition) is 6. The zero-order valence-corrected chi connectivity index (χ0v) is 16.7. The number of allylic oxidation sites excluding steroid dienone is 1. The molecule has 1 saturated heterocycles. The predicted octanol–water partition coefficient (Wildman–Crippen LogP) is 4.39. The largest absolute Gasteiger partial charge is 0.489 e. The summed E-state index contributed by atoms with van der Waals surface area (Å²) in [5, 5.41) is -0.267. The molecule has 0 bridgehead atoms. The number of benzene rings is 2. The third-order valence-corrected chi connectivity index (χ3v) is 5.53. The van der Waals surface area contributed by atoms with Crippen molar-refractivity contribution in [1.29, 1.82) is 0 Å². The van der Waals surface area contributed by atoms with Crippen molar-refractivity contribution >= 4 is 29.0 Å². The molecule has 2 aliphatic rings. The van der Waals surface area contributed by atoms with Gasteiger partial charge in [-0.2, -0.15) is 0 Å². The molecule has 0 aromatic heterocycles. The summed E-state index contributed by atoms with van der Waals surface area (Å²) in [4.78, 5) is 25.3. The van der Waals surface area contributed by atoms with E-state index >= 15 is 0 Å². The van der Waals surface area contributed by atoms with Crippen molar-refractivity contribution in [2.75, 3.05) is 13.8 Å². The monoisotopic (exact) mass is 409 g/mol. The summed E-state index contributed by atoms with van der Waals surface area (Å²) < 4.78 is 16.7. The molecule has 0 unspecified atom stereocenters. The highest BCUT2D eigenvalue weighted by molar-refractivity contribution is 8.18. The predicted molar refractivity (Wildman–Crippen MR) is 111 cm³/mol. The van der Waals surface area contributed by atoms with Crippen molar-refractivity contribution in [2.24, 2.45) is 0 Å². The first-order valence-corrected chi connectivity index (χ1v) is 9.83. The zero-order chi connectivity index (χ0) is 20.4. The molecule has 0 aliphatic carbocycles. The number of hydrogen-bond donors (Lipinski definition) is 0. The Labute approximate surface area is 172 Å². The topological polar surface area (TPSA) is 65.1 Å². The number of amides is 2. The summed E-state index contributed by atoms with van der Waals surface area (Å²) in [6.07, 6.45) is 4.14. The highest BCUT2D eigenvalue weighted by atomic mass is 32.2. The van der Waals surface area contributed by atoms with Gasteiger partial charge >= 0.3 is 0 Å². The molecule has 1 fully saturated rings. The van der Waals surface area contributed by atoms with Gasteiger partial charge in [0.05, 0.1) is 4.91 Å². The average Bonchev–Trinajstić information content (AvgIpc) is 3.28. The first kappa shape index (κ1) is 19.1. The smallest absolute Gasteiger partial charge is 0.293 e. The van der Waals surface area contributed by atoms with Crippen molar-refractivity contribution in [1.82, 2.24) is 4.90 Å². The fourth-order valence-electron chi connectivity index (χ4n) is 3.03. The average molecular weight is 409 g/mol. The van der Waals surface area contributed by atoms with E-state index in [1.54, 1.807) is 12.2 Å². The minimum absolute atomic E-state index is 0.238.